The van der Waals surface area contributed by atoms with Crippen LogP contribution in [0.2, 0.25) is 0 Å². The molecule has 2 aliphatic rings. The summed E-state index contributed by atoms with van der Waals surface area (Å²) in [6.45, 7) is 6.13. The number of ether oxygens (including phenoxy) is 2. The molecule has 2 saturated heterocycles. The Morgan fingerprint density at radius 1 is 1.19 bits per heavy atom. The minimum absolute atomic E-state index is 0.0627. The van der Waals surface area contributed by atoms with Gasteiger partial charge in [0.05, 0.1) is 6.10 Å². The van der Waals surface area contributed by atoms with Crippen LogP contribution in [0.5, 0.6) is 5.75 Å². The second-order valence-corrected chi connectivity index (χ2v) is 8.89. The van der Waals surface area contributed by atoms with E-state index in [9.17, 15) is 9.18 Å². The monoisotopic (exact) mass is 440 g/mol. The summed E-state index contributed by atoms with van der Waals surface area (Å²) in [5, 5.41) is 0. The van der Waals surface area contributed by atoms with E-state index in [2.05, 4.69) is 36.1 Å². The van der Waals surface area contributed by atoms with E-state index in [4.69, 9.17) is 9.47 Å². The summed E-state index contributed by atoms with van der Waals surface area (Å²) in [5.41, 5.74) is 2.38. The maximum absolute atomic E-state index is 14.4. The molecule has 32 heavy (non-hydrogen) atoms. The van der Waals surface area contributed by atoms with Crippen molar-refractivity contribution in [1.82, 2.24) is 9.80 Å². The molecule has 2 fully saturated rings. The highest BCUT2D eigenvalue weighted by Gasteiger charge is 2.31. The van der Waals surface area contributed by atoms with Gasteiger partial charge in [-0.05, 0) is 50.3 Å². The Balaban J connectivity index is 1.55. The number of aryl methyl sites for hydroxylation is 1. The average Bonchev–Trinajstić information content (AvgIpc) is 3.48. The number of carbonyl (C=O) groups excluding carboxylic acids is 1. The highest BCUT2D eigenvalue weighted by Crippen LogP contribution is 2.22. The Morgan fingerprint density at radius 2 is 2.00 bits per heavy atom. The molecule has 6 heteroatoms. The molecular weight excluding hydrogens is 407 g/mol. The van der Waals surface area contributed by atoms with Crippen LogP contribution in [0.3, 0.4) is 0 Å². The molecule has 2 aromatic rings. The zero-order valence-corrected chi connectivity index (χ0v) is 18.8. The molecule has 0 bridgehead atoms. The zero-order chi connectivity index (χ0) is 22.3. The van der Waals surface area contributed by atoms with Crippen LogP contribution in [0.25, 0.3) is 0 Å². The number of hydrogen-bond acceptors (Lipinski definition) is 4. The third kappa shape index (κ3) is 6.08. The Kier molecular flexibility index (Phi) is 7.76. The summed E-state index contributed by atoms with van der Waals surface area (Å²) in [5.74, 6) is -0.388. The van der Waals surface area contributed by atoms with E-state index in [1.807, 2.05) is 4.90 Å². The number of rotatable bonds is 9. The van der Waals surface area contributed by atoms with Crippen molar-refractivity contribution in [1.29, 1.82) is 0 Å². The fourth-order valence-electron chi connectivity index (χ4n) is 4.58. The lowest BCUT2D eigenvalue weighted by molar-refractivity contribution is -0.138. The van der Waals surface area contributed by atoms with Crippen LogP contribution in [0.15, 0.2) is 48.5 Å². The van der Waals surface area contributed by atoms with E-state index < -0.39 is 11.9 Å². The van der Waals surface area contributed by atoms with Crippen LogP contribution in [0.1, 0.15) is 36.8 Å². The second-order valence-electron chi connectivity index (χ2n) is 8.89. The molecule has 0 spiro atoms. The largest absolute Gasteiger partial charge is 0.476 e. The molecule has 2 aromatic carbocycles. The molecular formula is C26H33FN2O3. The van der Waals surface area contributed by atoms with Gasteiger partial charge in [-0.2, -0.15) is 0 Å². The third-order valence-corrected chi connectivity index (χ3v) is 6.20. The van der Waals surface area contributed by atoms with Gasteiger partial charge in [-0.1, -0.05) is 42.0 Å². The topological polar surface area (TPSA) is 42.0 Å². The Labute approximate surface area is 190 Å². The van der Waals surface area contributed by atoms with Gasteiger partial charge in [-0.25, -0.2) is 4.39 Å². The number of halogens is 1. The zero-order valence-electron chi connectivity index (χ0n) is 18.8. The van der Waals surface area contributed by atoms with Crippen LogP contribution in [-0.2, 0) is 16.1 Å². The number of hydrogen-bond donors (Lipinski definition) is 0. The van der Waals surface area contributed by atoms with Crippen molar-refractivity contribution in [2.75, 3.05) is 32.8 Å². The van der Waals surface area contributed by atoms with Gasteiger partial charge < -0.3 is 14.4 Å². The maximum Gasteiger partial charge on any atom is 0.265 e. The van der Waals surface area contributed by atoms with Crippen molar-refractivity contribution in [2.24, 2.45) is 0 Å². The van der Waals surface area contributed by atoms with Gasteiger partial charge in [-0.15, -0.1) is 0 Å². The number of para-hydroxylation sites is 1. The molecule has 5 nitrogen and oxygen atoms in total. The van der Waals surface area contributed by atoms with Crippen LogP contribution >= 0.6 is 0 Å². The second kappa shape index (κ2) is 10.9. The smallest absolute Gasteiger partial charge is 0.265 e. The Morgan fingerprint density at radius 3 is 2.72 bits per heavy atom. The molecule has 2 heterocycles. The normalized spacial score (nSPS) is 19.5. The van der Waals surface area contributed by atoms with Crippen molar-refractivity contribution < 1.29 is 18.7 Å². The van der Waals surface area contributed by atoms with E-state index in [1.54, 1.807) is 18.2 Å². The third-order valence-electron chi connectivity index (χ3n) is 6.20. The summed E-state index contributed by atoms with van der Waals surface area (Å²) < 4.78 is 26.3. The van der Waals surface area contributed by atoms with Gasteiger partial charge in [0.25, 0.3) is 5.91 Å². The Bertz CT molecular complexity index is 894. The fourth-order valence-corrected chi connectivity index (χ4v) is 4.58. The van der Waals surface area contributed by atoms with Crippen molar-refractivity contribution in [2.45, 2.75) is 51.4 Å². The number of amides is 1. The summed E-state index contributed by atoms with van der Waals surface area (Å²) >= 11 is 0. The summed E-state index contributed by atoms with van der Waals surface area (Å²) in [4.78, 5) is 17.4. The lowest BCUT2D eigenvalue weighted by Crippen LogP contribution is -2.48. The predicted molar refractivity (Wildman–Crippen MR) is 122 cm³/mol. The molecule has 2 atom stereocenters. The minimum Gasteiger partial charge on any atom is -0.476 e. The first-order valence-electron chi connectivity index (χ1n) is 11.7. The van der Waals surface area contributed by atoms with Crippen molar-refractivity contribution in [3.8, 4) is 5.75 Å². The number of nitrogens with zero attached hydrogens (tertiary/aromatic N) is 2. The molecule has 172 valence electrons. The van der Waals surface area contributed by atoms with Crippen LogP contribution in [0.4, 0.5) is 4.39 Å². The minimum atomic E-state index is -0.767. The van der Waals surface area contributed by atoms with Gasteiger partial charge in [0.15, 0.2) is 17.7 Å². The van der Waals surface area contributed by atoms with E-state index in [1.165, 1.54) is 17.2 Å². The van der Waals surface area contributed by atoms with E-state index >= 15 is 0 Å². The number of benzene rings is 2. The van der Waals surface area contributed by atoms with Crippen LogP contribution in [-0.4, -0.2) is 60.7 Å². The van der Waals surface area contributed by atoms with E-state index in [0.29, 0.717) is 13.1 Å². The first kappa shape index (κ1) is 22.7. The van der Waals surface area contributed by atoms with Gasteiger partial charge in [-0.3, -0.25) is 9.69 Å². The van der Waals surface area contributed by atoms with Gasteiger partial charge >= 0.3 is 0 Å². The molecule has 0 N–H and O–H groups in total. The average molecular weight is 441 g/mol. The summed E-state index contributed by atoms with van der Waals surface area (Å²) in [7, 11) is 0. The summed E-state index contributed by atoms with van der Waals surface area (Å²) in [6, 6.07) is 14.7. The fraction of sp³-hybridized carbons (Fsp3) is 0.500. The molecule has 2 unspecified atom stereocenters. The first-order valence-corrected chi connectivity index (χ1v) is 11.7. The molecule has 1 amide bonds. The van der Waals surface area contributed by atoms with E-state index in [0.717, 1.165) is 51.9 Å². The van der Waals surface area contributed by atoms with Crippen molar-refractivity contribution in [3.63, 3.8) is 0 Å². The molecule has 0 saturated carbocycles. The molecule has 0 radical (unpaired) electrons. The highest BCUT2D eigenvalue weighted by atomic mass is 19.1. The lowest BCUT2D eigenvalue weighted by atomic mass is 10.1. The van der Waals surface area contributed by atoms with Crippen molar-refractivity contribution >= 4 is 5.91 Å². The van der Waals surface area contributed by atoms with E-state index in [-0.39, 0.29) is 17.8 Å². The predicted octanol–water partition coefficient (Wildman–Crippen LogP) is 4.19. The highest BCUT2D eigenvalue weighted by molar-refractivity contribution is 5.81. The molecule has 2 aliphatic heterocycles. The quantitative estimate of drug-likeness (QED) is 0.587. The van der Waals surface area contributed by atoms with Gasteiger partial charge in [0.2, 0.25) is 0 Å². The SMILES string of the molecule is Cc1cccc(CN(CC2CCCO2)CC(Oc2ccccc2F)C(=O)N2CCCC2)c1. The Hall–Kier alpha value is -2.44. The first-order chi connectivity index (χ1) is 15.6. The van der Waals surface area contributed by atoms with Crippen LogP contribution < -0.4 is 4.74 Å². The molecule has 0 aromatic heterocycles. The van der Waals surface area contributed by atoms with Gasteiger partial charge in [0.1, 0.15) is 0 Å². The molecule has 4 rings (SSSR count). The number of likely N-dealkylation sites (tertiary alicyclic amines) is 1. The standard InChI is InChI=1S/C26H33FN2O3/c1-20-8-6-9-21(16-20)17-28(18-22-10-7-15-31-22)19-25(26(30)29-13-4-5-14-29)32-24-12-3-2-11-23(24)27/h2-3,6,8-9,11-12,16,22,25H,4-5,7,10,13-15,17-19H2,1H3. The molecule has 0 aliphatic carbocycles. The van der Waals surface area contributed by atoms with Crippen molar-refractivity contribution in [3.05, 3.63) is 65.5 Å². The van der Waals surface area contributed by atoms with Gasteiger partial charge in [0, 0.05) is 39.3 Å². The maximum atomic E-state index is 14.4. The summed E-state index contributed by atoms with van der Waals surface area (Å²) in [6.07, 6.45) is 3.46. The number of carbonyl (C=O) groups is 1. The van der Waals surface area contributed by atoms with Crippen LogP contribution in [0, 0.1) is 12.7 Å². The lowest BCUT2D eigenvalue weighted by Gasteiger charge is -2.31.